The van der Waals surface area contributed by atoms with Crippen LogP contribution >= 0.6 is 9.69 Å². The van der Waals surface area contributed by atoms with E-state index < -0.39 is 10.0 Å². The van der Waals surface area contributed by atoms with E-state index in [0.29, 0.717) is 5.52 Å². The molecule has 0 aliphatic carbocycles. The molecule has 2 aromatic carbocycles. The molecular formula is C14H10ClNO2SZn. The molecule has 0 bridgehead atoms. The van der Waals surface area contributed by atoms with Gasteiger partial charge in [-0.15, -0.1) is 12.1 Å². The van der Waals surface area contributed by atoms with Gasteiger partial charge in [0, 0.05) is 0 Å². The van der Waals surface area contributed by atoms with Crippen LogP contribution < -0.4 is 0 Å². The summed E-state index contributed by atoms with van der Waals surface area (Å²) in [5.74, 6) is 0. The van der Waals surface area contributed by atoms with Gasteiger partial charge in [-0.05, 0) is 12.1 Å². The fourth-order valence-corrected chi connectivity index (χ4v) is 3.22. The summed E-state index contributed by atoms with van der Waals surface area (Å²) in [6.45, 7) is 0. The van der Waals surface area contributed by atoms with Gasteiger partial charge < -0.3 is 3.97 Å². The molecule has 6 heteroatoms. The van der Waals surface area contributed by atoms with Gasteiger partial charge in [-0.1, -0.05) is 42.0 Å². The number of fused-ring (bicyclic) bond motifs is 1. The van der Waals surface area contributed by atoms with Crippen molar-refractivity contribution in [1.82, 2.24) is 3.97 Å². The van der Waals surface area contributed by atoms with E-state index in [4.69, 9.17) is 9.69 Å². The first-order valence-corrected chi connectivity index (χ1v) is 11.1. The second-order valence-corrected chi connectivity index (χ2v) is 5.70. The van der Waals surface area contributed by atoms with Crippen molar-refractivity contribution in [3.8, 4) is 0 Å². The maximum atomic E-state index is 12.4. The Morgan fingerprint density at radius 2 is 1.55 bits per heavy atom. The monoisotopic (exact) mass is 355 g/mol. The summed E-state index contributed by atoms with van der Waals surface area (Å²) in [6.07, 6.45) is 2.78. The quantitative estimate of drug-likeness (QED) is 0.521. The second-order valence-electron chi connectivity index (χ2n) is 3.91. The number of halogens is 1. The third-order valence-corrected chi connectivity index (χ3v) is 4.42. The minimum absolute atomic E-state index is 0.266. The zero-order valence-electron chi connectivity index (χ0n) is 10.5. The predicted octanol–water partition coefficient (Wildman–Crippen LogP) is 3.37. The molecule has 0 saturated heterocycles. The van der Waals surface area contributed by atoms with Crippen molar-refractivity contribution in [1.29, 1.82) is 0 Å². The first-order chi connectivity index (χ1) is 9.69. The Kier molecular flexibility index (Phi) is 4.97. The molecule has 20 heavy (non-hydrogen) atoms. The molecule has 0 unspecified atom stereocenters. The van der Waals surface area contributed by atoms with Crippen LogP contribution in [-0.2, 0) is 27.3 Å². The third-order valence-electron chi connectivity index (χ3n) is 2.77. The molecule has 3 aromatic rings. The minimum atomic E-state index is -3.56. The normalized spacial score (nSPS) is 10.9. The Hall–Kier alpha value is -1.16. The standard InChI is InChI=1S/C14H10NO2S.ClH.Zn/c16-18(17,13-7-2-1-3-8-13)15-11-10-12-6-4-5-9-14(12)15;;/h1-10H;1H;/q-1;;+2/p-1. The first kappa shape index (κ1) is 15.2. The number of aromatic nitrogens is 1. The van der Waals surface area contributed by atoms with E-state index in [1.54, 1.807) is 42.5 Å². The van der Waals surface area contributed by atoms with Crippen molar-refractivity contribution in [2.45, 2.75) is 4.90 Å². The Bertz CT molecular complexity index is 800. The molecule has 3 rings (SSSR count). The average Bonchev–Trinajstić information content (AvgIpc) is 2.95. The van der Waals surface area contributed by atoms with E-state index in [0.717, 1.165) is 22.7 Å². The molecule has 0 atom stereocenters. The zero-order valence-corrected chi connectivity index (χ0v) is 15.1. The number of hydrogen-bond acceptors (Lipinski definition) is 2. The van der Waals surface area contributed by atoms with Gasteiger partial charge in [0.1, 0.15) is 0 Å². The van der Waals surface area contributed by atoms with E-state index in [-0.39, 0.29) is 4.90 Å². The summed E-state index contributed by atoms with van der Waals surface area (Å²) in [7, 11) is 1.20. The van der Waals surface area contributed by atoms with Crippen LogP contribution in [0.4, 0.5) is 0 Å². The molecule has 0 fully saturated rings. The van der Waals surface area contributed by atoms with Crippen LogP contribution in [0.2, 0.25) is 0 Å². The Balaban J connectivity index is 0.000000704. The zero-order chi connectivity index (χ0) is 14.6. The van der Waals surface area contributed by atoms with Gasteiger partial charge in [-0.25, -0.2) is 8.42 Å². The van der Waals surface area contributed by atoms with Crippen molar-refractivity contribution >= 4 is 30.6 Å². The number of hydrogen-bond donors (Lipinski definition) is 0. The summed E-state index contributed by atoms with van der Waals surface area (Å²) in [6, 6.07) is 17.4. The summed E-state index contributed by atoms with van der Waals surface area (Å²) >= 11 is 0.847. The molecule has 0 amide bonds. The molecule has 0 radical (unpaired) electrons. The molecule has 0 aliphatic heterocycles. The molecule has 0 saturated carbocycles. The van der Waals surface area contributed by atoms with Gasteiger partial charge >= 0.3 is 27.0 Å². The Morgan fingerprint density at radius 3 is 2.25 bits per heavy atom. The maximum absolute atomic E-state index is 12.4. The van der Waals surface area contributed by atoms with Crippen molar-refractivity contribution in [3.63, 3.8) is 0 Å². The van der Waals surface area contributed by atoms with Crippen LogP contribution in [0, 0.1) is 6.20 Å². The average molecular weight is 357 g/mol. The van der Waals surface area contributed by atoms with Gasteiger partial charge in [-0.3, -0.25) is 0 Å². The summed E-state index contributed by atoms with van der Waals surface area (Å²) < 4.78 is 26.1. The number of benzene rings is 2. The number of rotatable bonds is 2. The van der Waals surface area contributed by atoms with Crippen molar-refractivity contribution in [3.05, 3.63) is 66.9 Å². The van der Waals surface area contributed by atoms with Crippen LogP contribution in [0.3, 0.4) is 0 Å². The molecule has 0 aliphatic rings. The van der Waals surface area contributed by atoms with Crippen LogP contribution in [0.15, 0.2) is 65.6 Å². The van der Waals surface area contributed by atoms with Crippen LogP contribution in [0.1, 0.15) is 0 Å². The summed E-state index contributed by atoms with van der Waals surface area (Å²) in [5, 5.41) is 0.858. The summed E-state index contributed by atoms with van der Waals surface area (Å²) in [5.41, 5.74) is 0.640. The number of nitrogens with zero attached hydrogens (tertiary/aromatic N) is 1. The van der Waals surface area contributed by atoms with Gasteiger partial charge in [-0.2, -0.15) is 11.5 Å². The van der Waals surface area contributed by atoms with Gasteiger partial charge in [0.25, 0.3) is 0 Å². The molecule has 0 N–H and O–H groups in total. The molecule has 0 spiro atoms. The fourth-order valence-electron chi connectivity index (χ4n) is 1.89. The predicted molar refractivity (Wildman–Crippen MR) is 75.7 cm³/mol. The molecule has 1 aromatic heterocycles. The van der Waals surface area contributed by atoms with Gasteiger partial charge in [0.05, 0.1) is 4.90 Å². The topological polar surface area (TPSA) is 39.1 Å². The second kappa shape index (κ2) is 6.53. The van der Waals surface area contributed by atoms with Crippen molar-refractivity contribution < 1.29 is 25.7 Å². The first-order valence-electron chi connectivity index (χ1n) is 5.75. The van der Waals surface area contributed by atoms with E-state index >= 15 is 0 Å². The summed E-state index contributed by atoms with van der Waals surface area (Å²) in [4.78, 5) is 0.266. The van der Waals surface area contributed by atoms with E-state index in [9.17, 15) is 8.42 Å². The third kappa shape index (κ3) is 2.80. The van der Waals surface area contributed by atoms with Crippen molar-refractivity contribution in [2.75, 3.05) is 0 Å². The van der Waals surface area contributed by atoms with Crippen molar-refractivity contribution in [2.24, 2.45) is 0 Å². The van der Waals surface area contributed by atoms with E-state index in [2.05, 4.69) is 6.20 Å². The number of para-hydroxylation sites is 1. The molecule has 98 valence electrons. The Labute approximate surface area is 132 Å². The van der Waals surface area contributed by atoms with Crippen LogP contribution in [-0.4, -0.2) is 12.4 Å². The van der Waals surface area contributed by atoms with E-state index in [1.165, 1.54) is 3.97 Å². The van der Waals surface area contributed by atoms with Gasteiger partial charge in [0.2, 0.25) is 10.0 Å². The van der Waals surface area contributed by atoms with Gasteiger partial charge in [0.15, 0.2) is 0 Å². The van der Waals surface area contributed by atoms with Crippen LogP contribution in [0.5, 0.6) is 0 Å². The SMILES string of the molecule is O=S(=O)(c1ccccc1)n1[c-]cc2ccccc21.[Cl][Zn+]. The molecule has 3 nitrogen and oxygen atoms in total. The fraction of sp³-hybridized carbons (Fsp3) is 0. The Morgan fingerprint density at radius 1 is 0.950 bits per heavy atom. The molecular weight excluding hydrogens is 347 g/mol. The molecule has 1 heterocycles. The van der Waals surface area contributed by atoms with E-state index in [1.807, 2.05) is 18.2 Å². The van der Waals surface area contributed by atoms with Crippen LogP contribution in [0.25, 0.3) is 10.9 Å².